The van der Waals surface area contributed by atoms with E-state index in [4.69, 9.17) is 11.6 Å². The number of amides is 1. The van der Waals surface area contributed by atoms with Crippen LogP contribution in [0.4, 0.5) is 0 Å². The Labute approximate surface area is 120 Å². The summed E-state index contributed by atoms with van der Waals surface area (Å²) in [6.45, 7) is 6.17. The Hall–Kier alpha value is -1.09. The lowest BCUT2D eigenvalue weighted by molar-refractivity contribution is 0.0558. The van der Waals surface area contributed by atoms with Gasteiger partial charge in [0.25, 0.3) is 5.91 Å². The maximum Gasteiger partial charge on any atom is 0.255 e. The minimum absolute atomic E-state index is 0.0354. The third kappa shape index (κ3) is 2.92. The molecule has 4 heteroatoms. The topological polar surface area (TPSA) is 33.2 Å². The van der Waals surface area contributed by atoms with Crippen LogP contribution in [-0.2, 0) is 0 Å². The molecule has 0 saturated carbocycles. The fourth-order valence-electron chi connectivity index (χ4n) is 2.86. The number of carbonyl (C=O) groups is 1. The Morgan fingerprint density at radius 3 is 2.53 bits per heavy atom. The van der Waals surface area contributed by atoms with Gasteiger partial charge in [-0.2, -0.15) is 0 Å². The van der Waals surface area contributed by atoms with Crippen molar-refractivity contribution in [2.24, 2.45) is 5.41 Å². The number of carbonyl (C=O) groups excluding carboxylic acids is 1. The zero-order valence-electron chi connectivity index (χ0n) is 11.7. The molecular formula is C15H21ClN2O. The summed E-state index contributed by atoms with van der Waals surface area (Å²) in [5, 5.41) is 0.440. The Kier molecular flexibility index (Phi) is 4.46. The number of hydrogen-bond donors (Lipinski definition) is 0. The number of hydrogen-bond acceptors (Lipinski definition) is 2. The number of nitrogens with zero attached hydrogens (tertiary/aromatic N) is 2. The van der Waals surface area contributed by atoms with Gasteiger partial charge in [-0.1, -0.05) is 38.3 Å². The third-order valence-corrected chi connectivity index (χ3v) is 4.92. The van der Waals surface area contributed by atoms with Crippen molar-refractivity contribution >= 4 is 17.5 Å². The molecule has 3 nitrogen and oxygen atoms in total. The standard InChI is InChI=1S/C15H21ClN2O/c1-3-15(4-2)6-9-18(10-7-15)14(19)12-5-8-17-11-13(12)16/h5,8,11H,3-4,6-7,9-10H2,1-2H3. The van der Waals surface area contributed by atoms with Crippen molar-refractivity contribution in [3.8, 4) is 0 Å². The Bertz CT molecular complexity index is 447. The molecule has 0 N–H and O–H groups in total. The number of rotatable bonds is 3. The van der Waals surface area contributed by atoms with Gasteiger partial charge in [0.2, 0.25) is 0 Å². The van der Waals surface area contributed by atoms with Gasteiger partial charge in [0.05, 0.1) is 10.6 Å². The van der Waals surface area contributed by atoms with Gasteiger partial charge < -0.3 is 4.90 Å². The normalized spacial score (nSPS) is 18.4. The molecule has 0 atom stereocenters. The van der Waals surface area contributed by atoms with Gasteiger partial charge in [0, 0.05) is 25.5 Å². The van der Waals surface area contributed by atoms with Crippen LogP contribution in [0.5, 0.6) is 0 Å². The summed E-state index contributed by atoms with van der Waals surface area (Å²) >= 11 is 6.04. The van der Waals surface area contributed by atoms with E-state index in [2.05, 4.69) is 18.8 Å². The quantitative estimate of drug-likeness (QED) is 0.844. The van der Waals surface area contributed by atoms with E-state index in [9.17, 15) is 4.79 Å². The number of halogens is 1. The van der Waals surface area contributed by atoms with Crippen molar-refractivity contribution in [3.63, 3.8) is 0 Å². The first-order chi connectivity index (χ1) is 9.12. The molecule has 19 heavy (non-hydrogen) atoms. The molecule has 104 valence electrons. The first kappa shape index (κ1) is 14.3. The zero-order valence-corrected chi connectivity index (χ0v) is 12.4. The van der Waals surface area contributed by atoms with Crippen LogP contribution in [0.1, 0.15) is 49.9 Å². The van der Waals surface area contributed by atoms with Crippen LogP contribution in [0, 0.1) is 5.41 Å². The summed E-state index contributed by atoms with van der Waals surface area (Å²) in [5.41, 5.74) is 0.996. The molecule has 1 aromatic heterocycles. The number of pyridine rings is 1. The molecule has 2 heterocycles. The molecule has 1 saturated heterocycles. The smallest absolute Gasteiger partial charge is 0.255 e. The van der Waals surface area contributed by atoms with Gasteiger partial charge in [-0.25, -0.2) is 0 Å². The molecule has 1 aromatic rings. The van der Waals surface area contributed by atoms with E-state index >= 15 is 0 Å². The predicted octanol–water partition coefficient (Wildman–Crippen LogP) is 3.78. The van der Waals surface area contributed by atoms with Crippen molar-refractivity contribution in [2.75, 3.05) is 13.1 Å². The summed E-state index contributed by atoms with van der Waals surface area (Å²) in [6.07, 6.45) is 7.72. The molecule has 1 aliphatic heterocycles. The van der Waals surface area contributed by atoms with Crippen LogP contribution < -0.4 is 0 Å². The SMILES string of the molecule is CCC1(CC)CCN(C(=O)c2ccncc2Cl)CC1. The highest BCUT2D eigenvalue weighted by molar-refractivity contribution is 6.33. The minimum atomic E-state index is 0.0354. The van der Waals surface area contributed by atoms with Crippen LogP contribution >= 0.6 is 11.6 Å². The average Bonchev–Trinajstić information content (AvgIpc) is 2.47. The van der Waals surface area contributed by atoms with E-state index in [0.717, 1.165) is 25.9 Å². The second-order valence-electron chi connectivity index (χ2n) is 5.35. The highest BCUT2D eigenvalue weighted by atomic mass is 35.5. The first-order valence-corrected chi connectivity index (χ1v) is 7.38. The van der Waals surface area contributed by atoms with Gasteiger partial charge in [-0.15, -0.1) is 0 Å². The fraction of sp³-hybridized carbons (Fsp3) is 0.600. The Balaban J connectivity index is 2.06. The summed E-state index contributed by atoms with van der Waals surface area (Å²) < 4.78 is 0. The monoisotopic (exact) mass is 280 g/mol. The lowest BCUT2D eigenvalue weighted by Crippen LogP contribution is -2.42. The molecule has 0 spiro atoms. The van der Waals surface area contributed by atoms with Crippen LogP contribution in [0.15, 0.2) is 18.5 Å². The van der Waals surface area contributed by atoms with E-state index in [0.29, 0.717) is 16.0 Å². The number of piperidine rings is 1. The van der Waals surface area contributed by atoms with Gasteiger partial charge in [0.15, 0.2) is 0 Å². The van der Waals surface area contributed by atoms with Gasteiger partial charge in [0.1, 0.15) is 0 Å². The van der Waals surface area contributed by atoms with Crippen LogP contribution in [0.25, 0.3) is 0 Å². The molecule has 0 aliphatic carbocycles. The fourth-order valence-corrected chi connectivity index (χ4v) is 3.06. The van der Waals surface area contributed by atoms with Gasteiger partial charge in [-0.05, 0) is 24.3 Å². The Morgan fingerprint density at radius 2 is 2.00 bits per heavy atom. The maximum absolute atomic E-state index is 12.4. The number of likely N-dealkylation sites (tertiary alicyclic amines) is 1. The summed E-state index contributed by atoms with van der Waals surface area (Å²) in [7, 11) is 0. The van der Waals surface area contributed by atoms with Crippen LogP contribution in [0.3, 0.4) is 0 Å². The summed E-state index contributed by atoms with van der Waals surface area (Å²) in [5.74, 6) is 0.0354. The predicted molar refractivity (Wildman–Crippen MR) is 77.4 cm³/mol. The van der Waals surface area contributed by atoms with E-state index in [-0.39, 0.29) is 5.91 Å². The highest BCUT2D eigenvalue weighted by Gasteiger charge is 2.33. The van der Waals surface area contributed by atoms with Crippen LogP contribution in [0.2, 0.25) is 5.02 Å². The van der Waals surface area contributed by atoms with Crippen molar-refractivity contribution in [1.29, 1.82) is 0 Å². The maximum atomic E-state index is 12.4. The molecule has 0 bridgehead atoms. The molecular weight excluding hydrogens is 260 g/mol. The van der Waals surface area contributed by atoms with Crippen molar-refractivity contribution in [2.45, 2.75) is 39.5 Å². The molecule has 2 rings (SSSR count). The van der Waals surface area contributed by atoms with Gasteiger partial charge in [-0.3, -0.25) is 9.78 Å². The molecule has 1 aliphatic rings. The number of aromatic nitrogens is 1. The summed E-state index contributed by atoms with van der Waals surface area (Å²) in [4.78, 5) is 18.3. The third-order valence-electron chi connectivity index (χ3n) is 4.61. The van der Waals surface area contributed by atoms with Crippen molar-refractivity contribution < 1.29 is 4.79 Å². The zero-order chi connectivity index (χ0) is 13.9. The molecule has 0 unspecified atom stereocenters. The molecule has 1 amide bonds. The molecule has 0 aromatic carbocycles. The minimum Gasteiger partial charge on any atom is -0.339 e. The van der Waals surface area contributed by atoms with Crippen LogP contribution in [-0.4, -0.2) is 28.9 Å². The first-order valence-electron chi connectivity index (χ1n) is 7.00. The van der Waals surface area contributed by atoms with E-state index < -0.39 is 0 Å². The average molecular weight is 281 g/mol. The summed E-state index contributed by atoms with van der Waals surface area (Å²) in [6, 6.07) is 1.70. The highest BCUT2D eigenvalue weighted by Crippen LogP contribution is 2.38. The second-order valence-corrected chi connectivity index (χ2v) is 5.76. The Morgan fingerprint density at radius 1 is 1.37 bits per heavy atom. The second kappa shape index (κ2) is 5.91. The molecule has 1 fully saturated rings. The largest absolute Gasteiger partial charge is 0.339 e. The lowest BCUT2D eigenvalue weighted by Gasteiger charge is -2.41. The van der Waals surface area contributed by atoms with E-state index in [1.807, 2.05) is 4.90 Å². The van der Waals surface area contributed by atoms with Crippen molar-refractivity contribution in [1.82, 2.24) is 9.88 Å². The molecule has 0 radical (unpaired) electrons. The van der Waals surface area contributed by atoms with Crippen molar-refractivity contribution in [3.05, 3.63) is 29.0 Å². The van der Waals surface area contributed by atoms with E-state index in [1.165, 1.54) is 19.0 Å². The van der Waals surface area contributed by atoms with E-state index in [1.54, 1.807) is 12.3 Å². The lowest BCUT2D eigenvalue weighted by atomic mass is 9.74. The van der Waals surface area contributed by atoms with Gasteiger partial charge >= 0.3 is 0 Å².